The maximum atomic E-state index is 11.6. The lowest BCUT2D eigenvalue weighted by molar-refractivity contribution is -0.189. The Morgan fingerprint density at radius 1 is 1.55 bits per heavy atom. The molecule has 0 heterocycles. The Morgan fingerprint density at radius 2 is 2.09 bits per heavy atom. The third kappa shape index (κ3) is 2.61. The molecular formula is C6H8F2O3. The van der Waals surface area contributed by atoms with Crippen LogP contribution in [0.4, 0.5) is 8.92 Å². The predicted molar refractivity (Wildman–Crippen MR) is 32.0 cm³/mol. The summed E-state index contributed by atoms with van der Waals surface area (Å²) in [6.45, 7) is 0.197. The van der Waals surface area contributed by atoms with Crippen molar-refractivity contribution in [2.45, 2.75) is 13.3 Å². The first-order valence-corrected chi connectivity index (χ1v) is 3.08. The lowest BCUT2D eigenvalue weighted by Crippen LogP contribution is -2.24. The zero-order valence-electron chi connectivity index (χ0n) is 5.97. The summed E-state index contributed by atoms with van der Waals surface area (Å²) >= 11 is 0. The van der Waals surface area contributed by atoms with Gasteiger partial charge >= 0.3 is 5.97 Å². The van der Waals surface area contributed by atoms with E-state index >= 15 is 0 Å². The fraction of sp³-hybridized carbons (Fsp3) is 0.667. The van der Waals surface area contributed by atoms with Crippen molar-refractivity contribution in [2.24, 2.45) is 5.92 Å². The molecule has 0 aliphatic carbocycles. The molecule has 0 aliphatic rings. The van der Waals surface area contributed by atoms with Crippen molar-refractivity contribution in [3.05, 3.63) is 0 Å². The number of hydrogen-bond donors (Lipinski definition) is 0. The number of hydrogen-bond acceptors (Lipinski definition) is 3. The van der Waals surface area contributed by atoms with Gasteiger partial charge in [-0.3, -0.25) is 9.74 Å². The van der Waals surface area contributed by atoms with Gasteiger partial charge in [-0.1, -0.05) is 6.92 Å². The van der Waals surface area contributed by atoms with Gasteiger partial charge in [-0.05, 0) is 6.42 Å². The molecule has 0 radical (unpaired) electrons. The Morgan fingerprint density at radius 3 is 2.36 bits per heavy atom. The SMILES string of the molecule is CCC(C(=O)CF)C(=O)OF. The lowest BCUT2D eigenvalue weighted by atomic mass is 10.0. The number of carbonyl (C=O) groups excluding carboxylic acids is 2. The van der Waals surface area contributed by atoms with Gasteiger partial charge in [0, 0.05) is 4.53 Å². The van der Waals surface area contributed by atoms with Gasteiger partial charge in [-0.15, -0.1) is 0 Å². The average molecular weight is 166 g/mol. The Hall–Kier alpha value is -1.00. The van der Waals surface area contributed by atoms with E-state index in [1.807, 2.05) is 0 Å². The molecule has 3 nitrogen and oxygen atoms in total. The van der Waals surface area contributed by atoms with Crippen LogP contribution in [0.15, 0.2) is 0 Å². The molecule has 0 saturated carbocycles. The minimum Gasteiger partial charge on any atom is -0.296 e. The molecule has 0 aromatic rings. The van der Waals surface area contributed by atoms with Crippen LogP contribution >= 0.6 is 0 Å². The Balaban J connectivity index is 4.15. The van der Waals surface area contributed by atoms with Gasteiger partial charge in [-0.2, -0.15) is 0 Å². The van der Waals surface area contributed by atoms with Gasteiger partial charge in [-0.25, -0.2) is 9.18 Å². The third-order valence-corrected chi connectivity index (χ3v) is 1.29. The van der Waals surface area contributed by atoms with E-state index in [1.54, 1.807) is 0 Å². The Labute approximate surface area is 62.2 Å². The lowest BCUT2D eigenvalue weighted by Gasteiger charge is -2.04. The van der Waals surface area contributed by atoms with Crippen LogP contribution in [-0.4, -0.2) is 18.4 Å². The van der Waals surface area contributed by atoms with Crippen LogP contribution in [0.5, 0.6) is 0 Å². The summed E-state index contributed by atoms with van der Waals surface area (Å²) in [6.07, 6.45) is 0.0471. The average Bonchev–Trinajstić information content (AvgIpc) is 2.05. The van der Waals surface area contributed by atoms with Gasteiger partial charge in [0.25, 0.3) is 0 Å². The molecule has 0 aromatic heterocycles. The summed E-state index contributed by atoms with van der Waals surface area (Å²) in [5.41, 5.74) is 0. The van der Waals surface area contributed by atoms with Crippen LogP contribution in [0.2, 0.25) is 0 Å². The molecule has 0 N–H and O–H groups in total. The maximum Gasteiger partial charge on any atom is 0.359 e. The number of ketones is 1. The van der Waals surface area contributed by atoms with E-state index in [9.17, 15) is 18.5 Å². The molecule has 1 atom stereocenters. The highest BCUT2D eigenvalue weighted by atomic mass is 19.3. The first-order chi connectivity index (χ1) is 5.17. The summed E-state index contributed by atoms with van der Waals surface area (Å²) in [5.74, 6) is -3.57. The minimum absolute atomic E-state index is 0.0471. The topological polar surface area (TPSA) is 43.4 Å². The van der Waals surface area contributed by atoms with Crippen LogP contribution in [0.3, 0.4) is 0 Å². The molecule has 0 bridgehead atoms. The zero-order valence-corrected chi connectivity index (χ0v) is 5.97. The highest BCUT2D eigenvalue weighted by Gasteiger charge is 2.26. The zero-order chi connectivity index (χ0) is 8.85. The predicted octanol–water partition coefficient (Wildman–Crippen LogP) is 0.979. The number of alkyl halides is 1. The molecule has 5 heteroatoms. The van der Waals surface area contributed by atoms with Crippen molar-refractivity contribution in [3.63, 3.8) is 0 Å². The van der Waals surface area contributed by atoms with Crippen molar-refractivity contribution in [1.29, 1.82) is 0 Å². The van der Waals surface area contributed by atoms with Crippen molar-refractivity contribution in [1.82, 2.24) is 0 Å². The molecule has 0 spiro atoms. The fourth-order valence-corrected chi connectivity index (χ4v) is 0.673. The van der Waals surface area contributed by atoms with Gasteiger partial charge in [0.1, 0.15) is 12.6 Å². The first-order valence-electron chi connectivity index (χ1n) is 3.08. The van der Waals surface area contributed by atoms with E-state index < -0.39 is 24.3 Å². The molecule has 11 heavy (non-hydrogen) atoms. The van der Waals surface area contributed by atoms with Crippen molar-refractivity contribution in [3.8, 4) is 0 Å². The second-order valence-electron chi connectivity index (χ2n) is 1.96. The number of carbonyl (C=O) groups is 2. The second-order valence-corrected chi connectivity index (χ2v) is 1.96. The van der Waals surface area contributed by atoms with Crippen molar-refractivity contribution < 1.29 is 23.4 Å². The molecule has 0 saturated heterocycles. The molecular weight excluding hydrogens is 158 g/mol. The van der Waals surface area contributed by atoms with Gasteiger partial charge in [0.05, 0.1) is 0 Å². The third-order valence-electron chi connectivity index (χ3n) is 1.29. The normalized spacial score (nSPS) is 12.3. The van der Waals surface area contributed by atoms with Gasteiger partial charge in [0.15, 0.2) is 5.78 Å². The second kappa shape index (κ2) is 4.76. The van der Waals surface area contributed by atoms with Crippen LogP contribution in [-0.2, 0) is 14.5 Å². The van der Waals surface area contributed by atoms with Crippen LogP contribution in [0, 0.1) is 5.92 Å². The van der Waals surface area contributed by atoms with Crippen molar-refractivity contribution >= 4 is 11.8 Å². The maximum absolute atomic E-state index is 11.6. The molecule has 0 aliphatic heterocycles. The molecule has 0 fully saturated rings. The number of rotatable bonds is 4. The number of Topliss-reactive ketones (excluding diaryl/α,β-unsaturated/α-hetero) is 1. The Kier molecular flexibility index (Phi) is 4.33. The van der Waals surface area contributed by atoms with E-state index in [4.69, 9.17) is 0 Å². The minimum atomic E-state index is -1.32. The fourth-order valence-electron chi connectivity index (χ4n) is 0.673. The van der Waals surface area contributed by atoms with Crippen LogP contribution in [0.1, 0.15) is 13.3 Å². The summed E-state index contributed by atoms with van der Waals surface area (Å²) in [7, 11) is 0. The monoisotopic (exact) mass is 166 g/mol. The molecule has 64 valence electrons. The standard InChI is InChI=1S/C6H8F2O3/c1-2-4(5(9)3-7)6(10)11-8/h4H,2-3H2,1H3. The highest BCUT2D eigenvalue weighted by Crippen LogP contribution is 2.07. The summed E-state index contributed by atoms with van der Waals surface area (Å²) < 4.78 is 22.8. The van der Waals surface area contributed by atoms with Gasteiger partial charge in [0.2, 0.25) is 0 Å². The largest absolute Gasteiger partial charge is 0.359 e. The molecule has 0 amide bonds. The van der Waals surface area contributed by atoms with Crippen LogP contribution in [0.25, 0.3) is 0 Å². The van der Waals surface area contributed by atoms with E-state index in [2.05, 4.69) is 4.94 Å². The summed E-state index contributed by atoms with van der Waals surface area (Å²) in [4.78, 5) is 23.7. The van der Waals surface area contributed by atoms with E-state index in [-0.39, 0.29) is 6.42 Å². The van der Waals surface area contributed by atoms with Crippen LogP contribution < -0.4 is 0 Å². The number of halogens is 2. The molecule has 1 unspecified atom stereocenters. The van der Waals surface area contributed by atoms with E-state index in [0.29, 0.717) is 0 Å². The summed E-state index contributed by atoms with van der Waals surface area (Å²) in [5, 5.41) is 0. The first kappa shape index (κ1) is 10.0. The molecule has 0 aromatic carbocycles. The van der Waals surface area contributed by atoms with E-state index in [0.717, 1.165) is 0 Å². The smallest absolute Gasteiger partial charge is 0.296 e. The quantitative estimate of drug-likeness (QED) is 0.584. The Bertz CT molecular complexity index is 142. The summed E-state index contributed by atoms with van der Waals surface area (Å²) in [6, 6.07) is 0. The van der Waals surface area contributed by atoms with Gasteiger partial charge < -0.3 is 0 Å². The molecule has 0 rings (SSSR count). The van der Waals surface area contributed by atoms with E-state index in [1.165, 1.54) is 6.92 Å². The van der Waals surface area contributed by atoms with Crippen molar-refractivity contribution in [2.75, 3.05) is 6.67 Å². The highest BCUT2D eigenvalue weighted by molar-refractivity contribution is 5.99.